The highest BCUT2D eigenvalue weighted by atomic mass is 127. The van der Waals surface area contributed by atoms with E-state index in [9.17, 15) is 0 Å². The van der Waals surface area contributed by atoms with E-state index in [2.05, 4.69) is 27.4 Å². The molecule has 1 aromatic rings. The zero-order valence-electron chi connectivity index (χ0n) is 16.9. The third-order valence-electron chi connectivity index (χ3n) is 4.80. The van der Waals surface area contributed by atoms with E-state index >= 15 is 0 Å². The molecule has 0 aliphatic carbocycles. The minimum absolute atomic E-state index is 0. The Hall–Kier alpha value is -1.22. The summed E-state index contributed by atoms with van der Waals surface area (Å²) >= 11 is 0. The summed E-state index contributed by atoms with van der Waals surface area (Å²) in [7, 11) is 3.46. The molecule has 0 aromatic heterocycles. The van der Waals surface area contributed by atoms with Gasteiger partial charge in [0.1, 0.15) is 18.1 Å². The number of nitrogens with one attached hydrogen (secondary N) is 2. The second-order valence-corrected chi connectivity index (χ2v) is 6.68. The van der Waals surface area contributed by atoms with Crippen LogP contribution in [0.1, 0.15) is 32.6 Å². The number of methoxy groups -OCH3 is 1. The summed E-state index contributed by atoms with van der Waals surface area (Å²) in [5.41, 5.74) is 0. The first-order valence-electron chi connectivity index (χ1n) is 9.68. The molecule has 1 aromatic carbocycles. The SMILES string of the molecule is CN=C(NCCCN1CCCCC1C)NCCOc1ccc(OC)cc1.I. The van der Waals surface area contributed by atoms with E-state index in [0.717, 1.165) is 43.0 Å². The normalized spacial score (nSPS) is 17.7. The maximum Gasteiger partial charge on any atom is 0.191 e. The molecule has 0 spiro atoms. The van der Waals surface area contributed by atoms with Gasteiger partial charge in [0.25, 0.3) is 0 Å². The fourth-order valence-corrected chi connectivity index (χ4v) is 3.21. The van der Waals surface area contributed by atoms with Gasteiger partial charge < -0.3 is 25.0 Å². The maximum absolute atomic E-state index is 5.71. The molecule has 1 saturated heterocycles. The van der Waals surface area contributed by atoms with E-state index in [1.165, 1.54) is 25.8 Å². The third kappa shape index (κ3) is 9.01. The van der Waals surface area contributed by atoms with Crippen LogP contribution in [0.5, 0.6) is 11.5 Å². The van der Waals surface area contributed by atoms with E-state index in [4.69, 9.17) is 9.47 Å². The molecule has 1 atom stereocenters. The van der Waals surface area contributed by atoms with Gasteiger partial charge in [0.2, 0.25) is 0 Å². The van der Waals surface area contributed by atoms with Crippen LogP contribution in [0.25, 0.3) is 0 Å². The van der Waals surface area contributed by atoms with E-state index in [1.54, 1.807) is 14.2 Å². The van der Waals surface area contributed by atoms with Gasteiger partial charge in [0.15, 0.2) is 5.96 Å². The first-order valence-corrected chi connectivity index (χ1v) is 9.68. The Morgan fingerprint density at radius 2 is 1.85 bits per heavy atom. The molecule has 1 aliphatic heterocycles. The van der Waals surface area contributed by atoms with Gasteiger partial charge in [-0.25, -0.2) is 0 Å². The number of hydrogen-bond donors (Lipinski definition) is 2. The fourth-order valence-electron chi connectivity index (χ4n) is 3.21. The van der Waals surface area contributed by atoms with Gasteiger partial charge in [-0.05, 0) is 57.0 Å². The molecule has 2 rings (SSSR count). The summed E-state index contributed by atoms with van der Waals surface area (Å²) in [6.45, 7) is 6.97. The van der Waals surface area contributed by atoms with Crippen LogP contribution in [0.4, 0.5) is 0 Å². The average Bonchev–Trinajstić information content (AvgIpc) is 2.68. The van der Waals surface area contributed by atoms with Crippen LogP contribution in [0.2, 0.25) is 0 Å². The first kappa shape index (κ1) is 23.8. The van der Waals surface area contributed by atoms with Crippen molar-refractivity contribution in [1.29, 1.82) is 0 Å². The lowest BCUT2D eigenvalue weighted by Crippen LogP contribution is -2.42. The zero-order chi connectivity index (χ0) is 18.6. The van der Waals surface area contributed by atoms with Gasteiger partial charge in [-0.15, -0.1) is 24.0 Å². The number of halogens is 1. The van der Waals surface area contributed by atoms with Crippen LogP contribution in [0.3, 0.4) is 0 Å². The largest absolute Gasteiger partial charge is 0.497 e. The Bertz CT molecular complexity index is 539. The summed E-state index contributed by atoms with van der Waals surface area (Å²) in [5.74, 6) is 2.50. The third-order valence-corrected chi connectivity index (χ3v) is 4.80. The minimum Gasteiger partial charge on any atom is -0.497 e. The molecule has 0 saturated carbocycles. The van der Waals surface area contributed by atoms with Gasteiger partial charge in [0, 0.05) is 26.2 Å². The molecule has 2 N–H and O–H groups in total. The molecule has 1 aliphatic rings. The lowest BCUT2D eigenvalue weighted by Gasteiger charge is -2.33. The van der Waals surface area contributed by atoms with Gasteiger partial charge in [-0.3, -0.25) is 4.99 Å². The highest BCUT2D eigenvalue weighted by Crippen LogP contribution is 2.17. The van der Waals surface area contributed by atoms with Crippen molar-refractivity contribution in [1.82, 2.24) is 15.5 Å². The molecule has 0 radical (unpaired) electrons. The van der Waals surface area contributed by atoms with Gasteiger partial charge >= 0.3 is 0 Å². The van der Waals surface area contributed by atoms with E-state index < -0.39 is 0 Å². The molecule has 1 heterocycles. The fraction of sp³-hybridized carbons (Fsp3) is 0.650. The predicted octanol–water partition coefficient (Wildman–Crippen LogP) is 3.12. The highest BCUT2D eigenvalue weighted by molar-refractivity contribution is 14.0. The molecule has 1 fully saturated rings. The van der Waals surface area contributed by atoms with Gasteiger partial charge in [-0.1, -0.05) is 6.42 Å². The predicted molar refractivity (Wildman–Crippen MR) is 123 cm³/mol. The van der Waals surface area contributed by atoms with Gasteiger partial charge in [0.05, 0.1) is 13.7 Å². The lowest BCUT2D eigenvalue weighted by molar-refractivity contribution is 0.159. The van der Waals surface area contributed by atoms with Crippen LogP contribution >= 0.6 is 24.0 Å². The molecule has 27 heavy (non-hydrogen) atoms. The summed E-state index contributed by atoms with van der Waals surface area (Å²) in [4.78, 5) is 6.86. The van der Waals surface area contributed by atoms with E-state index in [1.807, 2.05) is 24.3 Å². The van der Waals surface area contributed by atoms with Crippen molar-refractivity contribution >= 4 is 29.9 Å². The van der Waals surface area contributed by atoms with Crippen LogP contribution in [-0.4, -0.2) is 63.8 Å². The molecule has 154 valence electrons. The van der Waals surface area contributed by atoms with Crippen LogP contribution < -0.4 is 20.1 Å². The molecule has 1 unspecified atom stereocenters. The first-order chi connectivity index (χ1) is 12.7. The Morgan fingerprint density at radius 3 is 2.52 bits per heavy atom. The lowest BCUT2D eigenvalue weighted by atomic mass is 10.0. The second-order valence-electron chi connectivity index (χ2n) is 6.68. The Morgan fingerprint density at radius 1 is 1.15 bits per heavy atom. The van der Waals surface area contributed by atoms with Crippen LogP contribution in [0, 0.1) is 0 Å². The van der Waals surface area contributed by atoms with Crippen molar-refractivity contribution in [3.63, 3.8) is 0 Å². The Balaban J connectivity index is 0.00000364. The van der Waals surface area contributed by atoms with Crippen molar-refractivity contribution in [2.24, 2.45) is 4.99 Å². The minimum atomic E-state index is 0. The number of aliphatic imine (C=N–C) groups is 1. The summed E-state index contributed by atoms with van der Waals surface area (Å²) in [6, 6.07) is 8.34. The Kier molecular flexibility index (Phi) is 12.2. The molecule has 7 heteroatoms. The number of benzene rings is 1. The number of piperidine rings is 1. The van der Waals surface area contributed by atoms with Crippen molar-refractivity contribution < 1.29 is 9.47 Å². The monoisotopic (exact) mass is 490 g/mol. The van der Waals surface area contributed by atoms with Crippen LogP contribution in [0.15, 0.2) is 29.3 Å². The van der Waals surface area contributed by atoms with E-state index in [-0.39, 0.29) is 24.0 Å². The molecule has 6 nitrogen and oxygen atoms in total. The highest BCUT2D eigenvalue weighted by Gasteiger charge is 2.17. The second kappa shape index (κ2) is 13.9. The van der Waals surface area contributed by atoms with E-state index in [0.29, 0.717) is 13.2 Å². The van der Waals surface area contributed by atoms with Crippen molar-refractivity contribution in [2.75, 3.05) is 46.9 Å². The summed E-state index contributed by atoms with van der Waals surface area (Å²) in [6.07, 6.45) is 5.19. The maximum atomic E-state index is 5.71. The average molecular weight is 490 g/mol. The van der Waals surface area contributed by atoms with Crippen molar-refractivity contribution in [3.8, 4) is 11.5 Å². The molecule has 0 amide bonds. The van der Waals surface area contributed by atoms with Crippen molar-refractivity contribution in [2.45, 2.75) is 38.6 Å². The Labute approximate surface area is 181 Å². The smallest absolute Gasteiger partial charge is 0.191 e. The summed E-state index contributed by atoms with van der Waals surface area (Å²) < 4.78 is 10.8. The summed E-state index contributed by atoms with van der Waals surface area (Å²) in [5, 5.41) is 6.66. The van der Waals surface area contributed by atoms with Gasteiger partial charge in [-0.2, -0.15) is 0 Å². The number of rotatable bonds is 9. The quantitative estimate of drug-likeness (QED) is 0.241. The van der Waals surface area contributed by atoms with Crippen molar-refractivity contribution in [3.05, 3.63) is 24.3 Å². The molecular formula is C20H35IN4O2. The number of guanidine groups is 1. The molecular weight excluding hydrogens is 455 g/mol. The number of nitrogens with zero attached hydrogens (tertiary/aromatic N) is 2. The topological polar surface area (TPSA) is 58.1 Å². The zero-order valence-corrected chi connectivity index (χ0v) is 19.2. The number of ether oxygens (including phenoxy) is 2. The molecule has 0 bridgehead atoms. The van der Waals surface area contributed by atoms with Crippen LogP contribution in [-0.2, 0) is 0 Å². The number of hydrogen-bond acceptors (Lipinski definition) is 4. The standard InChI is InChI=1S/C20H34N4O2.HI/c1-17-7-4-5-14-24(17)15-6-12-22-20(21-2)23-13-16-26-19-10-8-18(25-3)9-11-19;/h8-11,17H,4-7,12-16H2,1-3H3,(H2,21,22,23);1H. The number of likely N-dealkylation sites (tertiary alicyclic amines) is 1.